The molecule has 19 aromatic rings. The van der Waals surface area contributed by atoms with Crippen molar-refractivity contribution in [1.29, 1.82) is 0 Å². The van der Waals surface area contributed by atoms with Crippen molar-refractivity contribution in [2.45, 2.75) is 26.3 Å². The molecule has 0 bridgehead atoms. The van der Waals surface area contributed by atoms with Crippen LogP contribution in [0, 0.1) is 23.3 Å². The van der Waals surface area contributed by atoms with Crippen molar-refractivity contribution in [2.75, 3.05) is 91.2 Å². The molecule has 19 rings (SSSR count). The number of methoxy groups -OCH3 is 6. The number of ether oxygens (including phenoxy) is 12. The number of nitrogens with zero attached hydrogens (tertiary/aromatic N) is 10. The highest BCUT2D eigenvalue weighted by Crippen LogP contribution is 2.43. The third-order valence-corrected chi connectivity index (χ3v) is 21.5. The summed E-state index contributed by atoms with van der Waals surface area (Å²) in [5.41, 5.74) is 42.6. The first-order chi connectivity index (χ1) is 70.0. The average molecular weight is 1970 g/mol. The Hall–Kier alpha value is -19.2. The van der Waals surface area contributed by atoms with Crippen LogP contribution in [0.3, 0.4) is 0 Å². The van der Waals surface area contributed by atoms with Crippen LogP contribution in [0.2, 0.25) is 0 Å². The fraction of sp³-hybridized carbons (Fsp3) is 0.113. The number of anilines is 6. The van der Waals surface area contributed by atoms with E-state index < -0.39 is 29.8 Å². The largest absolute Gasteiger partial charge is 0.496 e. The number of rotatable bonds is 25. The SMILES string of the molecule is CCC(=O)Cc1cc2c(Oc3ccc(N)cc3F)ccnc2cc1OC.CNC(=O)c1cc2c(Oc3ccc(N)cc3)ccnc2cc1OC.CNC(=O)c1cc2c(Oc3ccc(N)cc3F)ccnc2cc1OC.COc1cc2c(Oc3ccc(N)cc3F)ccnc2cn1.COc1cc2nccc(Oc3ncc(N)cc3F)c2cc1OC.Nc1ccc(Oc2ccnc3cc(-c4cnn(C(F)F)c4)ccc23)cc1. The van der Waals surface area contributed by atoms with Gasteiger partial charge in [0.25, 0.3) is 17.7 Å². The maximum atomic E-state index is 14.1. The van der Waals surface area contributed by atoms with Crippen LogP contribution < -0.4 is 102 Å². The summed E-state index contributed by atoms with van der Waals surface area (Å²) in [5, 5.41) is 12.9. The van der Waals surface area contributed by atoms with Gasteiger partial charge in [-0.1, -0.05) is 13.0 Å². The van der Waals surface area contributed by atoms with E-state index in [4.69, 9.17) is 91.2 Å². The highest BCUT2D eigenvalue weighted by atomic mass is 19.3. The summed E-state index contributed by atoms with van der Waals surface area (Å²) < 4.78 is 148. The van der Waals surface area contributed by atoms with Gasteiger partial charge in [0.1, 0.15) is 69.0 Å². The molecule has 2 amide bonds. The van der Waals surface area contributed by atoms with Crippen molar-refractivity contribution >= 4 is 117 Å². The number of fused-ring (bicyclic) bond motifs is 6. The van der Waals surface area contributed by atoms with Crippen molar-refractivity contribution in [3.05, 3.63) is 320 Å². The van der Waals surface area contributed by atoms with Gasteiger partial charge >= 0.3 is 6.55 Å². The minimum absolute atomic E-state index is 0.0269. The normalized spacial score (nSPS) is 10.7. The topological polar surface area (TPSA) is 463 Å². The highest BCUT2D eigenvalue weighted by Gasteiger charge is 2.23. The number of benzene rings is 10. The molecular weight excluding hydrogens is 1880 g/mol. The number of nitrogens with one attached hydrogen (secondary N) is 2. The lowest BCUT2D eigenvalue weighted by Gasteiger charge is -2.13. The first-order valence-electron chi connectivity index (χ1n) is 43.8. The van der Waals surface area contributed by atoms with Crippen molar-refractivity contribution in [3.8, 4) is 115 Å². The molecule has 0 aliphatic carbocycles. The predicted molar refractivity (Wildman–Crippen MR) is 539 cm³/mol. The molecule has 14 N–H and O–H groups in total. The predicted octanol–water partition coefficient (Wildman–Crippen LogP) is 21.6. The smallest absolute Gasteiger partial charge is 0.333 e. The van der Waals surface area contributed by atoms with Crippen LogP contribution in [0.1, 0.15) is 46.2 Å². The lowest BCUT2D eigenvalue weighted by molar-refractivity contribution is -0.118. The molecule has 0 radical (unpaired) electrons. The number of amides is 2. The highest BCUT2D eigenvalue weighted by molar-refractivity contribution is 6.04. The number of nitrogen functional groups attached to an aromatic ring is 6. The molecule has 10 aromatic carbocycles. The Balaban J connectivity index is 0.000000138. The summed E-state index contributed by atoms with van der Waals surface area (Å²) in [4.78, 5) is 69.6. The Bertz CT molecular complexity index is 7940. The number of Topliss-reactive ketones (excluding diaryl/α,β-unsaturated/α-hetero) is 1. The summed E-state index contributed by atoms with van der Waals surface area (Å²) in [6, 6.07) is 58.9. The molecule has 33 nitrogen and oxygen atoms in total. The number of carbonyl (C=O) groups is 3. The Morgan fingerprint density at radius 2 is 0.703 bits per heavy atom. The number of aromatic nitrogens is 10. The van der Waals surface area contributed by atoms with E-state index >= 15 is 0 Å². The first-order valence-corrected chi connectivity index (χ1v) is 43.8. The Kier molecular flexibility index (Phi) is 32.9. The zero-order chi connectivity index (χ0) is 103. The van der Waals surface area contributed by atoms with Crippen molar-refractivity contribution in [3.63, 3.8) is 0 Å². The lowest BCUT2D eigenvalue weighted by Crippen LogP contribution is -2.18. The molecule has 9 heterocycles. The molecule has 0 fully saturated rings. The van der Waals surface area contributed by atoms with Crippen LogP contribution >= 0.6 is 0 Å². The monoisotopic (exact) mass is 1970 g/mol. The number of hydrogen-bond donors (Lipinski definition) is 8. The van der Waals surface area contributed by atoms with E-state index in [1.54, 1.807) is 209 Å². The third kappa shape index (κ3) is 25.1. The molecule has 39 heteroatoms. The van der Waals surface area contributed by atoms with Crippen LogP contribution in [-0.2, 0) is 11.2 Å². The van der Waals surface area contributed by atoms with Crippen LogP contribution in [-0.4, -0.2) is 124 Å². The second kappa shape index (κ2) is 46.9. The third-order valence-electron chi connectivity index (χ3n) is 21.5. The summed E-state index contributed by atoms with van der Waals surface area (Å²) in [5.74, 6) is 4.38. The summed E-state index contributed by atoms with van der Waals surface area (Å²) in [7, 11) is 12.2. The molecule has 0 saturated carbocycles. The van der Waals surface area contributed by atoms with E-state index in [9.17, 15) is 40.7 Å². The zero-order valence-electron chi connectivity index (χ0n) is 78.9. The molecule has 145 heavy (non-hydrogen) atoms. The van der Waals surface area contributed by atoms with Gasteiger partial charge in [-0.05, 0) is 163 Å². The van der Waals surface area contributed by atoms with E-state index in [1.807, 2.05) is 25.1 Å². The Morgan fingerprint density at radius 3 is 1.12 bits per heavy atom. The molecule has 0 aliphatic rings. The minimum Gasteiger partial charge on any atom is -0.496 e. The van der Waals surface area contributed by atoms with Crippen molar-refractivity contribution in [1.82, 2.24) is 60.3 Å². The maximum Gasteiger partial charge on any atom is 0.333 e. The van der Waals surface area contributed by atoms with Gasteiger partial charge in [0, 0.05) is 197 Å². The van der Waals surface area contributed by atoms with E-state index in [1.165, 1.54) is 104 Å². The number of halogens is 6. The standard InChI is InChI=1S/C20H19FN2O3.C19H14F2N4O.C18H16FN3O3.C18H17N3O3.C16H14FN3O3.C15H12FN3O2/c1-3-14(24)8-12-9-15-17(11-20(12)25-2)23-7-6-18(15)26-19-5-4-13(22)10-16(19)21;20-19(21)25-11-13(10-24-25)12-1-6-16-17(9-12)23-8-7-18(16)26-15-4-2-14(22)3-5-15;1-21-18(23)12-8-11-14(9-17(12)24-2)22-6-5-15(11)25-16-4-3-10(20)7-13(16)19;1-20-18(22)14-9-13-15(10-17(14)23-2)21-8-7-16(13)24-12-5-3-11(19)4-6-12;1-21-14-6-10-12(7-15(14)22-2)19-4-3-13(10)23-16-11(17)5-9(18)8-20-16;1-20-15-7-10-12(8-19-15)18-5-4-13(10)21-14-3-2-9(17)6-11(14)16/h4-7,9-11H,3,8,22H2,1-2H3;1-11,19H,22H2;3-9H,20H2,1-2H3,(H,21,23);3-10H,19H2,1-2H3,(H,20,22);3-8H,18H2,1-2H3;2-8H,17H2,1H3. The van der Waals surface area contributed by atoms with Crippen molar-refractivity contribution < 1.29 is 97.6 Å². The van der Waals surface area contributed by atoms with Crippen LogP contribution in [0.25, 0.3) is 76.5 Å². The Labute approximate surface area is 823 Å². The number of pyridine rings is 8. The van der Waals surface area contributed by atoms with Crippen LogP contribution in [0.4, 0.5) is 60.5 Å². The lowest BCUT2D eigenvalue weighted by atomic mass is 10.0. The maximum absolute atomic E-state index is 14.1. The van der Waals surface area contributed by atoms with Gasteiger partial charge in [-0.3, -0.25) is 44.3 Å². The second-order valence-electron chi connectivity index (χ2n) is 31.0. The molecule has 9 aromatic heterocycles. The number of hydrogen-bond acceptors (Lipinski definition) is 30. The summed E-state index contributed by atoms with van der Waals surface area (Å²) >= 11 is 0. The average Bonchev–Trinajstić information content (AvgIpc) is 1.38. The van der Waals surface area contributed by atoms with Gasteiger partial charge in [-0.15, -0.1) is 0 Å². The number of carbonyl (C=O) groups excluding carboxylic acids is 3. The molecule has 0 saturated heterocycles. The van der Waals surface area contributed by atoms with Crippen molar-refractivity contribution in [2.24, 2.45) is 0 Å². The zero-order valence-corrected chi connectivity index (χ0v) is 78.9. The fourth-order valence-corrected chi connectivity index (χ4v) is 14.2. The van der Waals surface area contributed by atoms with Gasteiger partial charge in [0.05, 0.1) is 111 Å². The van der Waals surface area contributed by atoms with Crippen LogP contribution in [0.5, 0.6) is 104 Å². The van der Waals surface area contributed by atoms with Gasteiger partial charge in [0.2, 0.25) is 5.88 Å². The van der Waals surface area contributed by atoms with E-state index in [0.717, 1.165) is 22.6 Å². The van der Waals surface area contributed by atoms with Gasteiger partial charge in [-0.2, -0.15) is 13.9 Å². The number of alkyl halides is 2. The molecule has 0 unspecified atom stereocenters. The number of ketones is 1. The summed E-state index contributed by atoms with van der Waals surface area (Å²) in [6.07, 6.45) is 15.8. The van der Waals surface area contributed by atoms with Gasteiger partial charge in [-0.25, -0.2) is 32.2 Å². The molecule has 0 spiro atoms. The molecule has 738 valence electrons. The Morgan fingerprint density at radius 1 is 0.324 bits per heavy atom. The van der Waals surface area contributed by atoms with E-state index in [0.29, 0.717) is 197 Å². The van der Waals surface area contributed by atoms with Crippen LogP contribution in [0.15, 0.2) is 280 Å². The molecule has 0 aliphatic heterocycles. The number of nitrogens with two attached hydrogens (primary N) is 6. The van der Waals surface area contributed by atoms with Gasteiger partial charge < -0.3 is 102 Å². The fourth-order valence-electron chi connectivity index (χ4n) is 14.2. The van der Waals surface area contributed by atoms with E-state index in [2.05, 4.69) is 55.6 Å². The quantitative estimate of drug-likeness (QED) is 0.0195. The molecular formula is C106H92F6N18O15. The minimum atomic E-state index is -2.66. The second-order valence-corrected chi connectivity index (χ2v) is 31.0. The van der Waals surface area contributed by atoms with Gasteiger partial charge in [0.15, 0.2) is 52.0 Å². The first kappa shape index (κ1) is 102. The summed E-state index contributed by atoms with van der Waals surface area (Å²) in [6.45, 7) is -0.849. The molecule has 0 atom stereocenters. The van der Waals surface area contributed by atoms with E-state index in [-0.39, 0.29) is 52.8 Å².